The highest BCUT2D eigenvalue weighted by Gasteiger charge is 2.26. The summed E-state index contributed by atoms with van der Waals surface area (Å²) in [6.07, 6.45) is 4.77. The van der Waals surface area contributed by atoms with Crippen LogP contribution < -0.4 is 5.73 Å². The van der Waals surface area contributed by atoms with Crippen molar-refractivity contribution in [1.29, 1.82) is 0 Å². The molecule has 106 valence electrons. The van der Waals surface area contributed by atoms with E-state index in [1.165, 1.54) is 45.6 Å². The minimum absolute atomic E-state index is 0.363. The quantitative estimate of drug-likeness (QED) is 0.696. The fraction of sp³-hybridized carbons (Fsp3) is 1.00. The Morgan fingerprint density at radius 1 is 1.17 bits per heavy atom. The highest BCUT2D eigenvalue weighted by Crippen LogP contribution is 2.29. The number of nitrogens with two attached hydrogens (primary N) is 1. The predicted octanol–water partition coefficient (Wildman–Crippen LogP) is 0.504. The lowest BCUT2D eigenvalue weighted by atomic mass is 10.0. The first-order chi connectivity index (χ1) is 8.59. The van der Waals surface area contributed by atoms with Crippen molar-refractivity contribution in [3.63, 3.8) is 0 Å². The molecule has 0 bridgehead atoms. The summed E-state index contributed by atoms with van der Waals surface area (Å²) in [5.41, 5.74) is 4.85. The van der Waals surface area contributed by atoms with Crippen LogP contribution >= 0.6 is 0 Å². The second-order valence-electron chi connectivity index (χ2n) is 6.39. The molecule has 4 heteroatoms. The number of aliphatic hydroxyl groups is 1. The molecule has 4 nitrogen and oxygen atoms in total. The summed E-state index contributed by atoms with van der Waals surface area (Å²) >= 11 is 0. The van der Waals surface area contributed by atoms with Crippen molar-refractivity contribution < 1.29 is 5.11 Å². The second kappa shape index (κ2) is 6.33. The molecular formula is C14H29N3O. The Hall–Kier alpha value is -0.160. The Balaban J connectivity index is 1.55. The van der Waals surface area contributed by atoms with Gasteiger partial charge in [0.05, 0.1) is 5.60 Å². The van der Waals surface area contributed by atoms with Crippen molar-refractivity contribution >= 4 is 0 Å². The van der Waals surface area contributed by atoms with Crippen LogP contribution in [0.15, 0.2) is 0 Å². The van der Waals surface area contributed by atoms with Gasteiger partial charge in [0, 0.05) is 39.3 Å². The maximum absolute atomic E-state index is 9.85. The van der Waals surface area contributed by atoms with E-state index in [0.717, 1.165) is 25.3 Å². The van der Waals surface area contributed by atoms with Gasteiger partial charge in [0.1, 0.15) is 0 Å². The van der Waals surface area contributed by atoms with E-state index in [4.69, 9.17) is 5.73 Å². The summed E-state index contributed by atoms with van der Waals surface area (Å²) in [6.45, 7) is 9.47. The number of hydrogen-bond acceptors (Lipinski definition) is 4. The lowest BCUT2D eigenvalue weighted by molar-refractivity contribution is 0.0510. The van der Waals surface area contributed by atoms with Gasteiger partial charge in [0.15, 0.2) is 0 Å². The monoisotopic (exact) mass is 255 g/mol. The van der Waals surface area contributed by atoms with Crippen LogP contribution in [0.3, 0.4) is 0 Å². The van der Waals surface area contributed by atoms with Crippen molar-refractivity contribution in [3.8, 4) is 0 Å². The first kappa shape index (κ1) is 14.3. The van der Waals surface area contributed by atoms with Crippen LogP contribution in [0, 0.1) is 5.92 Å². The molecule has 0 radical (unpaired) electrons. The molecule has 18 heavy (non-hydrogen) atoms. The van der Waals surface area contributed by atoms with Gasteiger partial charge in [-0.1, -0.05) is 0 Å². The fourth-order valence-corrected chi connectivity index (χ4v) is 2.65. The van der Waals surface area contributed by atoms with Crippen LogP contribution in [-0.2, 0) is 0 Å². The van der Waals surface area contributed by atoms with E-state index >= 15 is 0 Å². The average molecular weight is 255 g/mol. The Morgan fingerprint density at radius 3 is 2.33 bits per heavy atom. The minimum atomic E-state index is -0.673. The molecule has 1 heterocycles. The second-order valence-corrected chi connectivity index (χ2v) is 6.39. The zero-order valence-electron chi connectivity index (χ0n) is 11.8. The molecule has 0 aromatic heterocycles. The molecule has 2 fully saturated rings. The average Bonchev–Trinajstić information content (AvgIpc) is 3.15. The van der Waals surface area contributed by atoms with Crippen molar-refractivity contribution in [1.82, 2.24) is 9.80 Å². The van der Waals surface area contributed by atoms with Gasteiger partial charge >= 0.3 is 0 Å². The third kappa shape index (κ3) is 4.84. The first-order valence-electron chi connectivity index (χ1n) is 7.46. The lowest BCUT2D eigenvalue weighted by Crippen LogP contribution is -2.47. The van der Waals surface area contributed by atoms with Crippen LogP contribution in [0.5, 0.6) is 0 Å². The number of nitrogens with zero attached hydrogens (tertiary/aromatic N) is 2. The molecule has 1 aliphatic heterocycles. The van der Waals surface area contributed by atoms with Crippen molar-refractivity contribution in [2.45, 2.75) is 38.2 Å². The zero-order chi connectivity index (χ0) is 13.0. The van der Waals surface area contributed by atoms with Crippen LogP contribution in [0.1, 0.15) is 32.6 Å². The topological polar surface area (TPSA) is 52.7 Å². The summed E-state index contributed by atoms with van der Waals surface area (Å²) in [4.78, 5) is 5.14. The molecule has 1 saturated carbocycles. The van der Waals surface area contributed by atoms with Crippen LogP contribution in [-0.4, -0.2) is 66.3 Å². The molecule has 0 aromatic rings. The Kier molecular flexibility index (Phi) is 5.01. The van der Waals surface area contributed by atoms with Gasteiger partial charge in [0.25, 0.3) is 0 Å². The van der Waals surface area contributed by atoms with Gasteiger partial charge in [-0.25, -0.2) is 0 Å². The van der Waals surface area contributed by atoms with Gasteiger partial charge in [0.2, 0.25) is 0 Å². The van der Waals surface area contributed by atoms with Gasteiger partial charge < -0.3 is 20.6 Å². The van der Waals surface area contributed by atoms with Crippen molar-refractivity contribution in [2.75, 3.05) is 45.8 Å². The van der Waals surface area contributed by atoms with Crippen molar-refractivity contribution in [3.05, 3.63) is 0 Å². The Labute approximate surface area is 111 Å². The molecular weight excluding hydrogens is 226 g/mol. The Morgan fingerprint density at radius 2 is 1.78 bits per heavy atom. The van der Waals surface area contributed by atoms with Gasteiger partial charge in [-0.3, -0.25) is 0 Å². The number of hydrogen-bond donors (Lipinski definition) is 2. The molecule has 1 unspecified atom stereocenters. The fourth-order valence-electron chi connectivity index (χ4n) is 2.65. The summed E-state index contributed by atoms with van der Waals surface area (Å²) in [5, 5.41) is 9.85. The summed E-state index contributed by atoms with van der Waals surface area (Å²) in [5.74, 6) is 1.01. The molecule has 0 aromatic carbocycles. The number of rotatable bonds is 7. The molecule has 0 amide bonds. The summed E-state index contributed by atoms with van der Waals surface area (Å²) < 4.78 is 0. The molecule has 0 spiro atoms. The zero-order valence-corrected chi connectivity index (χ0v) is 11.8. The highest BCUT2D eigenvalue weighted by molar-refractivity contribution is 4.81. The molecule has 2 rings (SSSR count). The van der Waals surface area contributed by atoms with Gasteiger partial charge in [-0.05, 0) is 45.1 Å². The maximum Gasteiger partial charge on any atom is 0.0741 e. The molecule has 2 aliphatic rings. The number of piperazine rings is 1. The third-order valence-electron chi connectivity index (χ3n) is 4.31. The summed E-state index contributed by atoms with van der Waals surface area (Å²) in [6, 6.07) is 0. The van der Waals surface area contributed by atoms with Gasteiger partial charge in [-0.2, -0.15) is 0 Å². The summed E-state index contributed by atoms with van der Waals surface area (Å²) in [7, 11) is 0. The molecule has 1 atom stereocenters. The van der Waals surface area contributed by atoms with E-state index in [9.17, 15) is 5.11 Å². The van der Waals surface area contributed by atoms with Crippen LogP contribution in [0.25, 0.3) is 0 Å². The smallest absolute Gasteiger partial charge is 0.0741 e. The van der Waals surface area contributed by atoms with Crippen LogP contribution in [0.2, 0.25) is 0 Å². The SMILES string of the molecule is CC(O)(CN)CCCN1CCN(CC2CC2)CC1. The van der Waals surface area contributed by atoms with Crippen molar-refractivity contribution in [2.24, 2.45) is 11.7 Å². The van der Waals surface area contributed by atoms with E-state index in [1.54, 1.807) is 0 Å². The predicted molar refractivity (Wildman–Crippen MR) is 74.5 cm³/mol. The molecule has 3 N–H and O–H groups in total. The largest absolute Gasteiger partial charge is 0.389 e. The Bertz CT molecular complexity index is 245. The third-order valence-corrected chi connectivity index (χ3v) is 4.31. The van der Waals surface area contributed by atoms with Gasteiger partial charge in [-0.15, -0.1) is 0 Å². The van der Waals surface area contributed by atoms with E-state index in [2.05, 4.69) is 9.80 Å². The lowest BCUT2D eigenvalue weighted by Gasteiger charge is -2.35. The van der Waals surface area contributed by atoms with E-state index in [0.29, 0.717) is 6.54 Å². The van der Waals surface area contributed by atoms with E-state index in [-0.39, 0.29) is 0 Å². The normalized spacial score (nSPS) is 26.2. The first-order valence-corrected chi connectivity index (χ1v) is 7.46. The highest BCUT2D eigenvalue weighted by atomic mass is 16.3. The standard InChI is InChI=1S/C14H29N3O/c1-14(18,12-15)5-2-6-16-7-9-17(10-8-16)11-13-3-4-13/h13,18H,2-12,15H2,1H3. The van der Waals surface area contributed by atoms with E-state index < -0.39 is 5.60 Å². The molecule has 1 saturated heterocycles. The van der Waals surface area contributed by atoms with Crippen LogP contribution in [0.4, 0.5) is 0 Å². The molecule has 1 aliphatic carbocycles. The van der Waals surface area contributed by atoms with E-state index in [1.807, 2.05) is 6.92 Å². The maximum atomic E-state index is 9.85. The minimum Gasteiger partial charge on any atom is -0.389 e.